The highest BCUT2D eigenvalue weighted by atomic mass is 16.6. The zero-order valence-corrected chi connectivity index (χ0v) is 8.80. The summed E-state index contributed by atoms with van der Waals surface area (Å²) in [4.78, 5) is 23.9. The molecule has 2 atom stereocenters. The Kier molecular flexibility index (Phi) is 3.90. The molecular formula is C9H15NO5. The number of hydrogen-bond donors (Lipinski definition) is 1. The number of aliphatic hydroxyl groups is 1. The van der Waals surface area contributed by atoms with E-state index in [4.69, 9.17) is 4.74 Å². The van der Waals surface area contributed by atoms with Crippen molar-refractivity contribution in [2.75, 3.05) is 20.3 Å². The molecule has 0 aromatic carbocycles. The van der Waals surface area contributed by atoms with E-state index in [-0.39, 0.29) is 6.61 Å². The maximum absolute atomic E-state index is 11.4. The van der Waals surface area contributed by atoms with Gasteiger partial charge < -0.3 is 14.6 Å². The van der Waals surface area contributed by atoms with Gasteiger partial charge in [-0.25, -0.2) is 9.59 Å². The zero-order chi connectivity index (χ0) is 11.4. The molecule has 0 aromatic rings. The van der Waals surface area contributed by atoms with Crippen molar-refractivity contribution in [1.29, 1.82) is 0 Å². The van der Waals surface area contributed by atoms with E-state index < -0.39 is 24.2 Å². The quantitative estimate of drug-likeness (QED) is 0.645. The van der Waals surface area contributed by atoms with Gasteiger partial charge in [-0.1, -0.05) is 0 Å². The van der Waals surface area contributed by atoms with Gasteiger partial charge in [0.25, 0.3) is 0 Å². The number of hydrogen-bond acceptors (Lipinski definition) is 5. The molecule has 0 radical (unpaired) electrons. The molecular weight excluding hydrogens is 202 g/mol. The van der Waals surface area contributed by atoms with Gasteiger partial charge in [0.1, 0.15) is 0 Å². The molecule has 0 spiro atoms. The number of ether oxygens (including phenoxy) is 2. The minimum absolute atomic E-state index is 0.235. The molecule has 1 amide bonds. The normalized spacial score (nSPS) is 25.1. The first kappa shape index (κ1) is 11.8. The first-order chi connectivity index (χ1) is 7.11. The Morgan fingerprint density at radius 3 is 2.73 bits per heavy atom. The highest BCUT2D eigenvalue weighted by Crippen LogP contribution is 2.20. The lowest BCUT2D eigenvalue weighted by Gasteiger charge is -2.22. The fourth-order valence-electron chi connectivity index (χ4n) is 1.59. The fraction of sp³-hybridized carbons (Fsp3) is 0.778. The van der Waals surface area contributed by atoms with Gasteiger partial charge in [-0.3, -0.25) is 4.90 Å². The third-order valence-electron chi connectivity index (χ3n) is 2.31. The van der Waals surface area contributed by atoms with E-state index in [0.29, 0.717) is 13.0 Å². The van der Waals surface area contributed by atoms with Crippen LogP contribution < -0.4 is 0 Å². The molecule has 1 heterocycles. The number of aliphatic hydroxyl groups excluding tert-OH is 1. The summed E-state index contributed by atoms with van der Waals surface area (Å²) in [6.45, 7) is 2.22. The van der Waals surface area contributed by atoms with E-state index in [0.717, 1.165) is 0 Å². The Morgan fingerprint density at radius 2 is 2.20 bits per heavy atom. The van der Waals surface area contributed by atoms with Gasteiger partial charge >= 0.3 is 12.1 Å². The molecule has 1 aliphatic rings. The highest BCUT2D eigenvalue weighted by Gasteiger charge is 2.42. The molecule has 1 aliphatic heterocycles. The summed E-state index contributed by atoms with van der Waals surface area (Å²) in [5.41, 5.74) is 0. The molecule has 0 saturated carbocycles. The number of esters is 1. The molecule has 0 bridgehead atoms. The van der Waals surface area contributed by atoms with Crippen LogP contribution in [0.15, 0.2) is 0 Å². The van der Waals surface area contributed by atoms with Crippen molar-refractivity contribution in [2.45, 2.75) is 25.5 Å². The number of methoxy groups -OCH3 is 1. The van der Waals surface area contributed by atoms with E-state index in [1.807, 2.05) is 0 Å². The van der Waals surface area contributed by atoms with E-state index in [2.05, 4.69) is 4.74 Å². The highest BCUT2D eigenvalue weighted by molar-refractivity contribution is 5.82. The number of carbonyl (C=O) groups excluding carboxylic acids is 2. The molecule has 6 nitrogen and oxygen atoms in total. The van der Waals surface area contributed by atoms with E-state index in [1.165, 1.54) is 12.0 Å². The van der Waals surface area contributed by atoms with Crippen LogP contribution in [0.25, 0.3) is 0 Å². The second-order valence-electron chi connectivity index (χ2n) is 3.22. The number of rotatable bonds is 2. The summed E-state index contributed by atoms with van der Waals surface area (Å²) in [5.74, 6) is -0.618. The number of nitrogens with zero attached hydrogens (tertiary/aromatic N) is 1. The standard InChI is InChI=1S/C9H15NO5/c1-3-15-9(13)10-5-4-6(11)7(10)8(12)14-2/h6-7,11H,3-5H2,1-2H3/t6-,7-/m0/s1. The monoisotopic (exact) mass is 217 g/mol. The summed E-state index contributed by atoms with van der Waals surface area (Å²) >= 11 is 0. The van der Waals surface area contributed by atoms with Crippen LogP contribution in [0.4, 0.5) is 4.79 Å². The minimum atomic E-state index is -0.936. The molecule has 15 heavy (non-hydrogen) atoms. The van der Waals surface area contributed by atoms with Gasteiger partial charge in [0.2, 0.25) is 0 Å². The van der Waals surface area contributed by atoms with Crippen molar-refractivity contribution in [3.63, 3.8) is 0 Å². The van der Waals surface area contributed by atoms with Gasteiger partial charge in [-0.2, -0.15) is 0 Å². The minimum Gasteiger partial charge on any atom is -0.467 e. The Morgan fingerprint density at radius 1 is 1.53 bits per heavy atom. The predicted octanol–water partition coefficient (Wildman–Crippen LogP) is -0.249. The van der Waals surface area contributed by atoms with Gasteiger partial charge in [0, 0.05) is 6.54 Å². The Bertz CT molecular complexity index is 255. The molecule has 0 aliphatic carbocycles. The molecule has 1 fully saturated rings. The zero-order valence-electron chi connectivity index (χ0n) is 8.80. The van der Waals surface area contributed by atoms with E-state index in [9.17, 15) is 14.7 Å². The second kappa shape index (κ2) is 4.97. The molecule has 1 N–H and O–H groups in total. The van der Waals surface area contributed by atoms with Crippen LogP contribution in [0.5, 0.6) is 0 Å². The van der Waals surface area contributed by atoms with Crippen LogP contribution in [0.1, 0.15) is 13.3 Å². The van der Waals surface area contributed by atoms with Crippen LogP contribution in [0.3, 0.4) is 0 Å². The molecule has 1 rings (SSSR count). The lowest BCUT2D eigenvalue weighted by atomic mass is 10.2. The lowest BCUT2D eigenvalue weighted by molar-refractivity contribution is -0.148. The van der Waals surface area contributed by atoms with Crippen LogP contribution in [-0.4, -0.2) is 54.5 Å². The Labute approximate surface area is 87.8 Å². The largest absolute Gasteiger partial charge is 0.467 e. The first-order valence-electron chi connectivity index (χ1n) is 4.81. The van der Waals surface area contributed by atoms with E-state index >= 15 is 0 Å². The van der Waals surface area contributed by atoms with Crippen LogP contribution in [0, 0.1) is 0 Å². The van der Waals surface area contributed by atoms with Crippen molar-refractivity contribution in [3.8, 4) is 0 Å². The average Bonchev–Trinajstić information content (AvgIpc) is 2.59. The van der Waals surface area contributed by atoms with Crippen LogP contribution in [-0.2, 0) is 14.3 Å². The van der Waals surface area contributed by atoms with Gasteiger partial charge in [-0.05, 0) is 13.3 Å². The average molecular weight is 217 g/mol. The van der Waals surface area contributed by atoms with Gasteiger partial charge in [0.15, 0.2) is 6.04 Å². The first-order valence-corrected chi connectivity index (χ1v) is 4.81. The summed E-state index contributed by atoms with van der Waals surface area (Å²) in [5, 5.41) is 9.53. The SMILES string of the molecule is CCOC(=O)N1CC[C@H](O)[C@H]1C(=O)OC. The van der Waals surface area contributed by atoms with E-state index in [1.54, 1.807) is 6.92 Å². The summed E-state index contributed by atoms with van der Waals surface area (Å²) in [7, 11) is 1.22. The fourth-order valence-corrected chi connectivity index (χ4v) is 1.59. The third-order valence-corrected chi connectivity index (χ3v) is 2.31. The number of likely N-dealkylation sites (tertiary alicyclic amines) is 1. The Hall–Kier alpha value is -1.30. The number of carbonyl (C=O) groups is 2. The summed E-state index contributed by atoms with van der Waals surface area (Å²) in [6, 6.07) is -0.936. The van der Waals surface area contributed by atoms with Crippen molar-refractivity contribution in [3.05, 3.63) is 0 Å². The smallest absolute Gasteiger partial charge is 0.410 e. The molecule has 1 saturated heterocycles. The van der Waals surface area contributed by atoms with Gasteiger partial charge in [0.05, 0.1) is 19.8 Å². The summed E-state index contributed by atoms with van der Waals surface area (Å²) < 4.78 is 9.28. The topological polar surface area (TPSA) is 76.1 Å². The second-order valence-corrected chi connectivity index (χ2v) is 3.22. The van der Waals surface area contributed by atoms with Crippen molar-refractivity contribution in [1.82, 2.24) is 4.90 Å². The van der Waals surface area contributed by atoms with Crippen LogP contribution >= 0.6 is 0 Å². The molecule has 0 aromatic heterocycles. The number of amides is 1. The molecule has 6 heteroatoms. The predicted molar refractivity (Wildman–Crippen MR) is 50.2 cm³/mol. The van der Waals surface area contributed by atoms with Gasteiger partial charge in [-0.15, -0.1) is 0 Å². The van der Waals surface area contributed by atoms with Crippen molar-refractivity contribution in [2.24, 2.45) is 0 Å². The molecule has 0 unspecified atom stereocenters. The summed E-state index contributed by atoms with van der Waals surface area (Å²) in [6.07, 6.45) is -1.11. The maximum atomic E-state index is 11.4. The Balaban J connectivity index is 2.71. The van der Waals surface area contributed by atoms with Crippen molar-refractivity contribution < 1.29 is 24.2 Å². The maximum Gasteiger partial charge on any atom is 0.410 e. The third kappa shape index (κ3) is 2.38. The molecule has 86 valence electrons. The lowest BCUT2D eigenvalue weighted by Crippen LogP contribution is -2.45. The van der Waals surface area contributed by atoms with Crippen molar-refractivity contribution >= 4 is 12.1 Å². The van der Waals surface area contributed by atoms with Crippen LogP contribution in [0.2, 0.25) is 0 Å².